The normalized spacial score (nSPS) is 13.9. The van der Waals surface area contributed by atoms with Crippen molar-refractivity contribution in [1.82, 2.24) is 19.9 Å². The monoisotopic (exact) mass is 438 g/mol. The molecule has 30 heavy (non-hydrogen) atoms. The molecule has 3 aromatic rings. The highest BCUT2D eigenvalue weighted by Crippen LogP contribution is 2.29. The summed E-state index contributed by atoms with van der Waals surface area (Å²) in [5.74, 6) is 0.639. The lowest BCUT2D eigenvalue weighted by Gasteiger charge is -2.35. The van der Waals surface area contributed by atoms with Gasteiger partial charge in [-0.05, 0) is 19.1 Å². The summed E-state index contributed by atoms with van der Waals surface area (Å²) in [7, 11) is 0. The van der Waals surface area contributed by atoms with E-state index < -0.39 is 0 Å². The van der Waals surface area contributed by atoms with E-state index in [0.29, 0.717) is 42.7 Å². The van der Waals surface area contributed by atoms with Gasteiger partial charge in [-0.15, -0.1) is 11.3 Å². The first kappa shape index (κ1) is 20.3. The van der Waals surface area contributed by atoms with Gasteiger partial charge in [-0.1, -0.05) is 23.7 Å². The largest absolute Gasteiger partial charge is 0.351 e. The highest BCUT2D eigenvalue weighted by atomic mass is 35.5. The Labute approximate surface area is 183 Å². The molecule has 1 aromatic carbocycles. The number of aryl methyl sites for hydroxylation is 1. The fourth-order valence-corrected chi connectivity index (χ4v) is 4.43. The predicted molar refractivity (Wildman–Crippen MR) is 117 cm³/mol. The molecule has 0 atom stereocenters. The Morgan fingerprint density at radius 1 is 1.17 bits per heavy atom. The van der Waals surface area contributed by atoms with Gasteiger partial charge in [-0.3, -0.25) is 4.79 Å². The molecule has 0 saturated carbocycles. The first-order chi connectivity index (χ1) is 14.5. The molecule has 152 valence electrons. The minimum absolute atomic E-state index is 0.0605. The van der Waals surface area contributed by atoms with Crippen molar-refractivity contribution in [3.05, 3.63) is 57.9 Å². The minimum Gasteiger partial charge on any atom is -0.351 e. The second-order valence-corrected chi connectivity index (χ2v) is 8.55. The molecule has 0 bridgehead atoms. The van der Waals surface area contributed by atoms with Crippen LogP contribution in [0.4, 0.5) is 5.82 Å². The van der Waals surface area contributed by atoms with Crippen LogP contribution < -0.4 is 4.90 Å². The van der Waals surface area contributed by atoms with E-state index in [0.717, 1.165) is 21.1 Å². The number of aromatic nitrogens is 3. The molecule has 0 radical (unpaired) electrons. The third-order valence-electron chi connectivity index (χ3n) is 5.02. The van der Waals surface area contributed by atoms with Crippen LogP contribution in [0.15, 0.2) is 36.7 Å². The summed E-state index contributed by atoms with van der Waals surface area (Å²) in [6, 6.07) is 9.63. The predicted octanol–water partition coefficient (Wildman–Crippen LogP) is 3.32. The van der Waals surface area contributed by atoms with Gasteiger partial charge in [0, 0.05) is 54.0 Å². The summed E-state index contributed by atoms with van der Waals surface area (Å²) in [5.41, 5.74) is 2.13. The van der Waals surface area contributed by atoms with Crippen molar-refractivity contribution in [3.63, 3.8) is 0 Å². The molecule has 2 aromatic heterocycles. The molecule has 1 fully saturated rings. The summed E-state index contributed by atoms with van der Waals surface area (Å²) >= 11 is 7.55. The standard InChI is InChI=1S/C21H19ClN6OS/c1-14-17(26-21(30-14)15-2-4-16(22)5-3-15)12-19(29)27-8-10-28(11-9-27)20-18(13-23)24-6-7-25-20/h2-7H,8-12H2,1H3. The van der Waals surface area contributed by atoms with Crippen molar-refractivity contribution in [2.45, 2.75) is 13.3 Å². The maximum atomic E-state index is 12.9. The van der Waals surface area contributed by atoms with E-state index in [1.807, 2.05) is 41.0 Å². The first-order valence-electron chi connectivity index (χ1n) is 9.51. The van der Waals surface area contributed by atoms with Crippen molar-refractivity contribution in [3.8, 4) is 16.6 Å². The Bertz CT molecular complexity index is 1100. The zero-order valence-electron chi connectivity index (χ0n) is 16.4. The van der Waals surface area contributed by atoms with Crippen LogP contribution in [0.25, 0.3) is 10.6 Å². The number of nitrogens with zero attached hydrogens (tertiary/aromatic N) is 6. The third-order valence-corrected chi connectivity index (χ3v) is 6.33. The number of hydrogen-bond donors (Lipinski definition) is 0. The molecule has 0 aliphatic carbocycles. The zero-order valence-corrected chi connectivity index (χ0v) is 17.9. The number of anilines is 1. The second-order valence-electron chi connectivity index (χ2n) is 6.91. The summed E-state index contributed by atoms with van der Waals surface area (Å²) in [6.45, 7) is 4.38. The number of benzene rings is 1. The summed E-state index contributed by atoms with van der Waals surface area (Å²) in [5, 5.41) is 10.8. The molecule has 1 amide bonds. The molecule has 1 aliphatic rings. The van der Waals surface area contributed by atoms with Crippen molar-refractivity contribution in [2.24, 2.45) is 0 Å². The molecule has 0 unspecified atom stereocenters. The van der Waals surface area contributed by atoms with E-state index in [9.17, 15) is 10.1 Å². The number of amides is 1. The smallest absolute Gasteiger partial charge is 0.228 e. The van der Waals surface area contributed by atoms with Gasteiger partial charge in [0.15, 0.2) is 11.5 Å². The van der Waals surface area contributed by atoms with Crippen molar-refractivity contribution < 1.29 is 4.79 Å². The lowest BCUT2D eigenvalue weighted by atomic mass is 10.2. The SMILES string of the molecule is Cc1sc(-c2ccc(Cl)cc2)nc1CC(=O)N1CCN(c2nccnc2C#N)CC1. The molecule has 0 spiro atoms. The van der Waals surface area contributed by atoms with Gasteiger partial charge in [-0.2, -0.15) is 5.26 Å². The molecule has 1 aliphatic heterocycles. The molecule has 7 nitrogen and oxygen atoms in total. The van der Waals surface area contributed by atoms with E-state index in [2.05, 4.69) is 16.0 Å². The Morgan fingerprint density at radius 3 is 2.57 bits per heavy atom. The van der Waals surface area contributed by atoms with Gasteiger partial charge in [0.1, 0.15) is 11.1 Å². The van der Waals surface area contributed by atoms with Gasteiger partial charge >= 0.3 is 0 Å². The number of piperazine rings is 1. The maximum Gasteiger partial charge on any atom is 0.228 e. The van der Waals surface area contributed by atoms with Crippen LogP contribution in [0.5, 0.6) is 0 Å². The lowest BCUT2D eigenvalue weighted by Crippen LogP contribution is -2.49. The Hall–Kier alpha value is -3.02. The quantitative estimate of drug-likeness (QED) is 0.621. The maximum absolute atomic E-state index is 12.9. The topological polar surface area (TPSA) is 86.0 Å². The number of carbonyl (C=O) groups excluding carboxylic acids is 1. The lowest BCUT2D eigenvalue weighted by molar-refractivity contribution is -0.130. The fourth-order valence-electron chi connectivity index (χ4n) is 3.37. The number of halogens is 1. The average Bonchev–Trinajstić information content (AvgIpc) is 3.14. The van der Waals surface area contributed by atoms with Crippen LogP contribution in [-0.2, 0) is 11.2 Å². The van der Waals surface area contributed by atoms with Crippen molar-refractivity contribution in [2.75, 3.05) is 31.1 Å². The molecule has 0 N–H and O–H groups in total. The van der Waals surface area contributed by atoms with E-state index in [-0.39, 0.29) is 12.3 Å². The van der Waals surface area contributed by atoms with Gasteiger partial charge in [0.2, 0.25) is 5.91 Å². The van der Waals surface area contributed by atoms with E-state index >= 15 is 0 Å². The Balaban J connectivity index is 1.40. The molecular formula is C21H19ClN6OS. The van der Waals surface area contributed by atoms with E-state index in [1.165, 1.54) is 6.20 Å². The first-order valence-corrected chi connectivity index (χ1v) is 10.7. The number of nitriles is 1. The molecule has 9 heteroatoms. The van der Waals surface area contributed by atoms with Gasteiger partial charge in [-0.25, -0.2) is 15.0 Å². The van der Waals surface area contributed by atoms with Gasteiger partial charge in [0.05, 0.1) is 12.1 Å². The van der Waals surface area contributed by atoms with E-state index in [1.54, 1.807) is 17.5 Å². The van der Waals surface area contributed by atoms with Crippen LogP contribution in [0.2, 0.25) is 5.02 Å². The van der Waals surface area contributed by atoms with Crippen molar-refractivity contribution in [1.29, 1.82) is 5.26 Å². The number of rotatable bonds is 4. The summed E-state index contributed by atoms with van der Waals surface area (Å²) < 4.78 is 0. The number of carbonyl (C=O) groups is 1. The molecule has 1 saturated heterocycles. The van der Waals surface area contributed by atoms with Crippen LogP contribution >= 0.6 is 22.9 Å². The van der Waals surface area contributed by atoms with Crippen LogP contribution in [0, 0.1) is 18.3 Å². The van der Waals surface area contributed by atoms with Gasteiger partial charge < -0.3 is 9.80 Å². The molecule has 3 heterocycles. The third kappa shape index (κ3) is 4.27. The average molecular weight is 439 g/mol. The minimum atomic E-state index is 0.0605. The molecule has 4 rings (SSSR count). The van der Waals surface area contributed by atoms with Crippen LogP contribution in [-0.4, -0.2) is 51.9 Å². The fraction of sp³-hybridized carbons (Fsp3) is 0.286. The second kappa shape index (κ2) is 8.78. The Morgan fingerprint density at radius 2 is 1.87 bits per heavy atom. The Kier molecular flexibility index (Phi) is 5.93. The zero-order chi connectivity index (χ0) is 21.1. The van der Waals surface area contributed by atoms with Crippen molar-refractivity contribution >= 4 is 34.7 Å². The summed E-state index contributed by atoms with van der Waals surface area (Å²) in [6.07, 6.45) is 3.37. The molecular weight excluding hydrogens is 420 g/mol. The number of thiazole rings is 1. The highest BCUT2D eigenvalue weighted by molar-refractivity contribution is 7.15. The van der Waals surface area contributed by atoms with E-state index in [4.69, 9.17) is 16.6 Å². The van der Waals surface area contributed by atoms with Gasteiger partial charge in [0.25, 0.3) is 0 Å². The van der Waals surface area contributed by atoms with Crippen LogP contribution in [0.3, 0.4) is 0 Å². The highest BCUT2D eigenvalue weighted by Gasteiger charge is 2.25. The number of hydrogen-bond acceptors (Lipinski definition) is 7. The summed E-state index contributed by atoms with van der Waals surface area (Å²) in [4.78, 5) is 30.8. The van der Waals surface area contributed by atoms with Crippen LogP contribution in [0.1, 0.15) is 16.3 Å².